The number of urea groups is 1. The number of thioether (sulfide) groups is 1. The number of carbonyl (C=O) groups excluding carboxylic acids is 2. The summed E-state index contributed by atoms with van der Waals surface area (Å²) in [5.74, 6) is 0.813. The molecule has 0 aliphatic carbocycles. The Labute approximate surface area is 198 Å². The first kappa shape index (κ1) is 24.4. The first-order chi connectivity index (χ1) is 15.8. The fourth-order valence-corrected chi connectivity index (χ4v) is 4.05. The van der Waals surface area contributed by atoms with Crippen LogP contribution in [0.25, 0.3) is 17.1 Å². The van der Waals surface area contributed by atoms with E-state index >= 15 is 0 Å². The maximum absolute atomic E-state index is 12.6. The number of para-hydroxylation sites is 1. The molecule has 0 aliphatic heterocycles. The first-order valence-electron chi connectivity index (χ1n) is 11.0. The Balaban J connectivity index is 1.93. The van der Waals surface area contributed by atoms with Gasteiger partial charge in [-0.2, -0.15) is 0 Å². The van der Waals surface area contributed by atoms with Crippen molar-refractivity contribution in [2.75, 3.05) is 6.54 Å². The van der Waals surface area contributed by atoms with Crippen molar-refractivity contribution >= 4 is 23.7 Å². The van der Waals surface area contributed by atoms with Gasteiger partial charge in [0.2, 0.25) is 5.91 Å². The van der Waals surface area contributed by atoms with Crippen molar-refractivity contribution in [2.45, 2.75) is 50.9 Å². The number of hydrogen-bond acceptors (Lipinski definition) is 6. The molecule has 0 bridgehead atoms. The third kappa shape index (κ3) is 6.19. The summed E-state index contributed by atoms with van der Waals surface area (Å²) in [6, 6.07) is 11.4. The molecule has 1 aromatic carbocycles. The molecule has 0 saturated heterocycles. The summed E-state index contributed by atoms with van der Waals surface area (Å²) in [7, 11) is 0. The quantitative estimate of drug-likeness (QED) is 0.477. The number of hydrogen-bond donors (Lipinski definition) is 2. The maximum atomic E-state index is 12.6. The molecule has 1 unspecified atom stereocenters. The van der Waals surface area contributed by atoms with Crippen molar-refractivity contribution in [3.8, 4) is 17.1 Å². The molecule has 3 aromatic rings. The molecule has 3 rings (SSSR count). The van der Waals surface area contributed by atoms with E-state index in [0.717, 1.165) is 16.8 Å². The summed E-state index contributed by atoms with van der Waals surface area (Å²) in [6.45, 7) is 10.5. The van der Waals surface area contributed by atoms with Crippen molar-refractivity contribution in [3.63, 3.8) is 0 Å². The molecule has 2 heterocycles. The van der Waals surface area contributed by atoms with Crippen LogP contribution in [0.1, 0.15) is 46.1 Å². The van der Waals surface area contributed by atoms with Crippen LogP contribution >= 0.6 is 11.8 Å². The lowest BCUT2D eigenvalue weighted by Crippen LogP contribution is -2.43. The molecule has 9 heteroatoms. The summed E-state index contributed by atoms with van der Waals surface area (Å²) in [6.07, 6.45) is 3.45. The van der Waals surface area contributed by atoms with Crippen LogP contribution in [0, 0.1) is 5.92 Å². The topological polar surface area (TPSA) is 102 Å². The summed E-state index contributed by atoms with van der Waals surface area (Å²) in [4.78, 5) is 28.9. The minimum Gasteiger partial charge on any atom is -0.338 e. The van der Waals surface area contributed by atoms with E-state index in [1.165, 1.54) is 11.8 Å². The Kier molecular flexibility index (Phi) is 8.21. The molecule has 0 fully saturated rings. The molecule has 174 valence electrons. The van der Waals surface area contributed by atoms with Gasteiger partial charge >= 0.3 is 6.03 Å². The van der Waals surface area contributed by atoms with E-state index in [4.69, 9.17) is 0 Å². The Morgan fingerprint density at radius 1 is 1.03 bits per heavy atom. The lowest BCUT2D eigenvalue weighted by atomic mass is 10.0. The van der Waals surface area contributed by atoms with Crippen LogP contribution < -0.4 is 10.6 Å². The standard InChI is InChI=1S/C24H30N6O2S/c1-15(2)13-26-23(32)27-22(31)17(5)33-24-29-28-21(18-9-8-12-25-14-18)30(24)20-11-7-6-10-19(20)16(3)4/h6-12,14-17H,13H2,1-5H3,(H2,26,27,31,32). The minimum absolute atomic E-state index is 0.272. The number of rotatable bonds is 8. The Morgan fingerprint density at radius 3 is 2.45 bits per heavy atom. The molecule has 8 nitrogen and oxygen atoms in total. The largest absolute Gasteiger partial charge is 0.338 e. The lowest BCUT2D eigenvalue weighted by Gasteiger charge is -2.18. The van der Waals surface area contributed by atoms with Gasteiger partial charge in [-0.1, -0.05) is 57.7 Å². The van der Waals surface area contributed by atoms with Crippen LogP contribution in [-0.4, -0.2) is 43.5 Å². The smallest absolute Gasteiger partial charge is 0.321 e. The van der Waals surface area contributed by atoms with E-state index in [1.807, 2.05) is 48.7 Å². The van der Waals surface area contributed by atoms with Crippen LogP contribution in [0.2, 0.25) is 0 Å². The molecule has 1 atom stereocenters. The number of carbonyl (C=O) groups is 2. The summed E-state index contributed by atoms with van der Waals surface area (Å²) >= 11 is 1.25. The van der Waals surface area contributed by atoms with E-state index < -0.39 is 17.2 Å². The molecule has 0 radical (unpaired) electrons. The maximum Gasteiger partial charge on any atom is 0.321 e. The first-order valence-corrected chi connectivity index (χ1v) is 11.9. The SMILES string of the molecule is CC(C)CNC(=O)NC(=O)C(C)Sc1nnc(-c2cccnc2)n1-c1ccccc1C(C)C. The third-order valence-corrected chi connectivity index (χ3v) is 5.95. The zero-order chi connectivity index (χ0) is 24.0. The predicted molar refractivity (Wildman–Crippen MR) is 130 cm³/mol. The number of nitrogens with one attached hydrogen (secondary N) is 2. The Hall–Kier alpha value is -3.20. The second-order valence-electron chi connectivity index (χ2n) is 8.45. The van der Waals surface area contributed by atoms with E-state index in [-0.39, 0.29) is 5.92 Å². The molecule has 2 N–H and O–H groups in total. The second kappa shape index (κ2) is 11.1. The van der Waals surface area contributed by atoms with Gasteiger partial charge in [0, 0.05) is 24.5 Å². The van der Waals surface area contributed by atoms with Gasteiger partial charge in [-0.3, -0.25) is 19.7 Å². The molecular weight excluding hydrogens is 436 g/mol. The highest BCUT2D eigenvalue weighted by molar-refractivity contribution is 8.00. The minimum atomic E-state index is -0.564. The average Bonchev–Trinajstić information content (AvgIpc) is 3.21. The monoisotopic (exact) mass is 466 g/mol. The van der Waals surface area contributed by atoms with Crippen molar-refractivity contribution in [2.24, 2.45) is 5.92 Å². The highest BCUT2D eigenvalue weighted by Gasteiger charge is 2.24. The highest BCUT2D eigenvalue weighted by Crippen LogP contribution is 2.33. The number of nitrogens with zero attached hydrogens (tertiary/aromatic N) is 4. The van der Waals surface area contributed by atoms with Crippen molar-refractivity contribution < 1.29 is 9.59 Å². The Morgan fingerprint density at radius 2 is 1.79 bits per heavy atom. The number of pyridine rings is 1. The van der Waals surface area contributed by atoms with Crippen LogP contribution in [-0.2, 0) is 4.79 Å². The van der Waals surface area contributed by atoms with Crippen LogP contribution in [0.3, 0.4) is 0 Å². The molecule has 0 saturated carbocycles. The molecule has 0 spiro atoms. The number of amides is 3. The normalized spacial score (nSPS) is 12.1. The van der Waals surface area contributed by atoms with Gasteiger partial charge in [-0.05, 0) is 42.5 Å². The zero-order valence-corrected chi connectivity index (χ0v) is 20.4. The second-order valence-corrected chi connectivity index (χ2v) is 9.76. The van der Waals surface area contributed by atoms with Crippen molar-refractivity contribution in [1.82, 2.24) is 30.4 Å². The third-order valence-electron chi connectivity index (χ3n) is 4.91. The average molecular weight is 467 g/mol. The van der Waals surface area contributed by atoms with Crippen molar-refractivity contribution in [1.29, 1.82) is 0 Å². The van der Waals surface area contributed by atoms with E-state index in [9.17, 15) is 9.59 Å². The summed E-state index contributed by atoms with van der Waals surface area (Å²) < 4.78 is 1.96. The summed E-state index contributed by atoms with van der Waals surface area (Å²) in [5.41, 5.74) is 2.90. The fourth-order valence-electron chi connectivity index (χ4n) is 3.19. The van der Waals surface area contributed by atoms with Crippen LogP contribution in [0.15, 0.2) is 53.9 Å². The zero-order valence-electron chi connectivity index (χ0n) is 19.6. The predicted octanol–water partition coefficient (Wildman–Crippen LogP) is 4.42. The Bertz CT molecular complexity index is 1100. The van der Waals surface area contributed by atoms with Gasteiger partial charge in [0.15, 0.2) is 11.0 Å². The van der Waals surface area contributed by atoms with Crippen molar-refractivity contribution in [3.05, 3.63) is 54.4 Å². The van der Waals surface area contributed by atoms with Crippen LogP contribution in [0.5, 0.6) is 0 Å². The van der Waals surface area contributed by atoms with E-state index in [2.05, 4.69) is 45.7 Å². The van der Waals surface area contributed by atoms with Gasteiger partial charge in [0.25, 0.3) is 0 Å². The molecule has 33 heavy (non-hydrogen) atoms. The highest BCUT2D eigenvalue weighted by atomic mass is 32.2. The number of imide groups is 1. The number of aromatic nitrogens is 4. The van der Waals surface area contributed by atoms with Gasteiger partial charge in [0.1, 0.15) is 0 Å². The summed E-state index contributed by atoms with van der Waals surface area (Å²) in [5, 5.41) is 13.9. The molecule has 2 aromatic heterocycles. The molecule has 3 amide bonds. The van der Waals surface area contributed by atoms with E-state index in [1.54, 1.807) is 19.3 Å². The van der Waals surface area contributed by atoms with Gasteiger partial charge in [-0.15, -0.1) is 10.2 Å². The fraction of sp³-hybridized carbons (Fsp3) is 0.375. The van der Waals surface area contributed by atoms with Gasteiger partial charge in [0.05, 0.1) is 10.9 Å². The van der Waals surface area contributed by atoms with Gasteiger partial charge in [-0.25, -0.2) is 4.79 Å². The lowest BCUT2D eigenvalue weighted by molar-refractivity contribution is -0.119. The number of benzene rings is 1. The van der Waals surface area contributed by atoms with E-state index in [0.29, 0.717) is 23.4 Å². The van der Waals surface area contributed by atoms with Gasteiger partial charge < -0.3 is 5.32 Å². The molecule has 0 aliphatic rings. The van der Waals surface area contributed by atoms with Crippen LogP contribution in [0.4, 0.5) is 4.79 Å². The molecular formula is C24H30N6O2S.